The monoisotopic (exact) mass is 314 g/mol. The van der Waals surface area contributed by atoms with Crippen LogP contribution in [0.2, 0.25) is 0 Å². The molecule has 2 rings (SSSR count). The van der Waals surface area contributed by atoms with E-state index in [0.717, 1.165) is 25.0 Å². The highest BCUT2D eigenvalue weighted by atomic mass is 32.2. The Kier molecular flexibility index (Phi) is 5.31. The second kappa shape index (κ2) is 6.99. The molecule has 7 heteroatoms. The summed E-state index contributed by atoms with van der Waals surface area (Å²) in [6.07, 6.45) is 3.24. The molecule has 1 heterocycles. The molecule has 1 aromatic rings. The molecule has 3 N–H and O–H groups in total. The van der Waals surface area contributed by atoms with E-state index >= 15 is 0 Å². The molecule has 0 aromatic carbocycles. The van der Waals surface area contributed by atoms with E-state index in [1.54, 1.807) is 5.38 Å². The Balaban J connectivity index is 1.92. The first kappa shape index (κ1) is 15.2. The van der Waals surface area contributed by atoms with Gasteiger partial charge in [0, 0.05) is 11.3 Å². The van der Waals surface area contributed by atoms with E-state index < -0.39 is 5.97 Å². The molecule has 0 radical (unpaired) electrons. The zero-order chi connectivity index (χ0) is 14.5. The fourth-order valence-corrected chi connectivity index (χ4v) is 4.36. The van der Waals surface area contributed by atoms with E-state index in [1.807, 2.05) is 11.8 Å². The first-order valence-corrected chi connectivity index (χ1v) is 8.54. The Morgan fingerprint density at radius 2 is 2.30 bits per heavy atom. The number of carboxylic acid groups (broad SMARTS) is 1. The molecule has 0 saturated heterocycles. The predicted molar refractivity (Wildman–Crippen MR) is 83.0 cm³/mol. The summed E-state index contributed by atoms with van der Waals surface area (Å²) in [6.45, 7) is 2.12. The first-order valence-electron chi connectivity index (χ1n) is 6.61. The van der Waals surface area contributed by atoms with Crippen molar-refractivity contribution in [2.45, 2.75) is 37.5 Å². The number of thioether (sulfide) groups is 1. The lowest BCUT2D eigenvalue weighted by molar-refractivity contribution is 0.0698. The number of hydrogen-bond donors (Lipinski definition) is 3. The number of urea groups is 1. The Morgan fingerprint density at radius 1 is 1.50 bits per heavy atom. The van der Waals surface area contributed by atoms with Crippen LogP contribution in [0.3, 0.4) is 0 Å². The van der Waals surface area contributed by atoms with E-state index in [4.69, 9.17) is 5.11 Å². The molecule has 2 amide bonds. The van der Waals surface area contributed by atoms with Crippen LogP contribution in [0.1, 0.15) is 36.5 Å². The van der Waals surface area contributed by atoms with Gasteiger partial charge >= 0.3 is 12.0 Å². The van der Waals surface area contributed by atoms with Crippen LogP contribution in [0.25, 0.3) is 0 Å². The van der Waals surface area contributed by atoms with Gasteiger partial charge in [0.05, 0.1) is 5.56 Å². The van der Waals surface area contributed by atoms with Gasteiger partial charge in [-0.15, -0.1) is 11.3 Å². The van der Waals surface area contributed by atoms with Crippen LogP contribution in [0.15, 0.2) is 11.4 Å². The Hall–Kier alpha value is -1.21. The number of aromatic carboxylic acids is 1. The van der Waals surface area contributed by atoms with Gasteiger partial charge in [-0.2, -0.15) is 11.8 Å². The number of anilines is 1. The van der Waals surface area contributed by atoms with Gasteiger partial charge in [-0.05, 0) is 30.0 Å². The number of amides is 2. The lowest BCUT2D eigenvalue weighted by Gasteiger charge is -2.20. The summed E-state index contributed by atoms with van der Waals surface area (Å²) in [5.74, 6) is 0.0141. The third kappa shape index (κ3) is 3.67. The summed E-state index contributed by atoms with van der Waals surface area (Å²) in [5.41, 5.74) is 0.135. The van der Waals surface area contributed by atoms with Crippen molar-refractivity contribution in [3.8, 4) is 0 Å². The average Bonchev–Trinajstić information content (AvgIpc) is 3.00. The normalized spacial score (nSPS) is 21.6. The number of thiophene rings is 1. The summed E-state index contributed by atoms with van der Waals surface area (Å²) < 4.78 is 0. The molecule has 5 nitrogen and oxygen atoms in total. The minimum absolute atomic E-state index is 0.135. The highest BCUT2D eigenvalue weighted by Gasteiger charge is 2.28. The van der Waals surface area contributed by atoms with Crippen molar-refractivity contribution < 1.29 is 14.7 Å². The number of carbonyl (C=O) groups is 2. The standard InChI is InChI=1S/C13H18N2O3S2/c1-2-19-10-5-3-4-9(10)14-13(18)15-11-8(12(16)17)6-7-20-11/h6-7,9-10H,2-5H2,1H3,(H,16,17)(H2,14,15,18). The van der Waals surface area contributed by atoms with Crippen molar-refractivity contribution in [3.05, 3.63) is 17.0 Å². The minimum Gasteiger partial charge on any atom is -0.478 e. The number of hydrogen-bond acceptors (Lipinski definition) is 4. The number of carboxylic acids is 1. The van der Waals surface area contributed by atoms with E-state index in [2.05, 4.69) is 17.6 Å². The number of carbonyl (C=O) groups excluding carboxylic acids is 1. The average molecular weight is 314 g/mol. The van der Waals surface area contributed by atoms with Gasteiger partial charge in [0.15, 0.2) is 0 Å². The SMILES string of the molecule is CCSC1CCCC1NC(=O)Nc1sccc1C(=O)O. The van der Waals surface area contributed by atoms with E-state index in [1.165, 1.54) is 17.4 Å². The van der Waals surface area contributed by atoms with Crippen molar-refractivity contribution in [1.82, 2.24) is 5.32 Å². The topological polar surface area (TPSA) is 78.4 Å². The molecule has 1 saturated carbocycles. The van der Waals surface area contributed by atoms with Crippen molar-refractivity contribution in [1.29, 1.82) is 0 Å². The third-order valence-corrected chi connectivity index (χ3v) is 5.43. The summed E-state index contributed by atoms with van der Waals surface area (Å²) in [6, 6.07) is 1.35. The van der Waals surface area contributed by atoms with Crippen molar-refractivity contribution in [2.75, 3.05) is 11.1 Å². The summed E-state index contributed by atoms with van der Waals surface area (Å²) >= 11 is 3.09. The smallest absolute Gasteiger partial charge is 0.338 e. The summed E-state index contributed by atoms with van der Waals surface area (Å²) in [4.78, 5) is 23.0. The number of nitrogens with one attached hydrogen (secondary N) is 2. The van der Waals surface area contributed by atoms with Gasteiger partial charge in [0.1, 0.15) is 5.00 Å². The van der Waals surface area contributed by atoms with Crippen LogP contribution in [-0.2, 0) is 0 Å². The zero-order valence-corrected chi connectivity index (χ0v) is 12.9. The third-order valence-electron chi connectivity index (χ3n) is 3.27. The molecule has 2 atom stereocenters. The molecular weight excluding hydrogens is 296 g/mol. The lowest BCUT2D eigenvalue weighted by atomic mass is 10.2. The van der Waals surface area contributed by atoms with Crippen LogP contribution in [0.5, 0.6) is 0 Å². The molecule has 110 valence electrons. The minimum atomic E-state index is -1.03. The molecule has 1 aromatic heterocycles. The largest absolute Gasteiger partial charge is 0.478 e. The van der Waals surface area contributed by atoms with Gasteiger partial charge in [-0.1, -0.05) is 13.3 Å². The molecule has 1 aliphatic carbocycles. The Morgan fingerprint density at radius 3 is 3.00 bits per heavy atom. The highest BCUT2D eigenvalue weighted by Crippen LogP contribution is 2.30. The maximum absolute atomic E-state index is 12.0. The molecule has 0 aliphatic heterocycles. The van der Waals surface area contributed by atoms with Gasteiger partial charge in [0.2, 0.25) is 0 Å². The van der Waals surface area contributed by atoms with Crippen molar-refractivity contribution in [2.24, 2.45) is 0 Å². The van der Waals surface area contributed by atoms with Gasteiger partial charge in [-0.3, -0.25) is 5.32 Å². The second-order valence-corrected chi connectivity index (χ2v) is 7.03. The second-order valence-electron chi connectivity index (χ2n) is 4.60. The quantitative estimate of drug-likeness (QED) is 0.779. The molecule has 2 unspecified atom stereocenters. The zero-order valence-electron chi connectivity index (χ0n) is 11.2. The maximum atomic E-state index is 12.0. The summed E-state index contributed by atoms with van der Waals surface area (Å²) in [5, 5.41) is 17.1. The highest BCUT2D eigenvalue weighted by molar-refractivity contribution is 7.99. The van der Waals surface area contributed by atoms with E-state index in [-0.39, 0.29) is 17.6 Å². The Bertz CT molecular complexity index is 490. The van der Waals surface area contributed by atoms with Gasteiger partial charge in [0.25, 0.3) is 0 Å². The molecule has 20 heavy (non-hydrogen) atoms. The van der Waals surface area contributed by atoms with Crippen LogP contribution < -0.4 is 10.6 Å². The van der Waals surface area contributed by atoms with E-state index in [9.17, 15) is 9.59 Å². The molecule has 1 fully saturated rings. The fourth-order valence-electron chi connectivity index (χ4n) is 2.39. The van der Waals surface area contributed by atoms with Crippen molar-refractivity contribution >= 4 is 40.1 Å². The Labute approximate surface area is 126 Å². The first-order chi connectivity index (χ1) is 9.61. The van der Waals surface area contributed by atoms with Crippen LogP contribution in [-0.4, -0.2) is 34.2 Å². The van der Waals surface area contributed by atoms with Crippen LogP contribution in [0, 0.1) is 0 Å². The van der Waals surface area contributed by atoms with Crippen LogP contribution >= 0.6 is 23.1 Å². The number of rotatable bonds is 5. The lowest BCUT2D eigenvalue weighted by Crippen LogP contribution is -2.41. The molecular formula is C13H18N2O3S2. The predicted octanol–water partition coefficient (Wildman–Crippen LogP) is 3.24. The molecule has 1 aliphatic rings. The van der Waals surface area contributed by atoms with E-state index in [0.29, 0.717) is 10.3 Å². The molecule has 0 spiro atoms. The van der Waals surface area contributed by atoms with Crippen molar-refractivity contribution in [3.63, 3.8) is 0 Å². The summed E-state index contributed by atoms with van der Waals surface area (Å²) in [7, 11) is 0. The molecule has 0 bridgehead atoms. The van der Waals surface area contributed by atoms with Gasteiger partial charge in [-0.25, -0.2) is 9.59 Å². The fraction of sp³-hybridized carbons (Fsp3) is 0.538. The van der Waals surface area contributed by atoms with Crippen LogP contribution in [0.4, 0.5) is 9.80 Å². The maximum Gasteiger partial charge on any atom is 0.338 e. The van der Waals surface area contributed by atoms with Gasteiger partial charge < -0.3 is 10.4 Å².